The zero-order valence-corrected chi connectivity index (χ0v) is 8.89. The topological polar surface area (TPSA) is 69.6 Å². The van der Waals surface area contributed by atoms with E-state index in [0.29, 0.717) is 39.0 Å². The van der Waals surface area contributed by atoms with Crippen molar-refractivity contribution in [3.8, 4) is 0 Å². The molecule has 6 heteroatoms. The summed E-state index contributed by atoms with van der Waals surface area (Å²) in [6, 6.07) is 0. The van der Waals surface area contributed by atoms with Gasteiger partial charge in [0.05, 0.1) is 6.61 Å². The normalized spacial score (nSPS) is 27.5. The molecule has 0 amide bonds. The second kappa shape index (κ2) is 3.44. The molecule has 5 nitrogen and oxygen atoms in total. The summed E-state index contributed by atoms with van der Waals surface area (Å²) in [6.07, 6.45) is 1.21. The number of aliphatic hydroxyl groups is 1. The van der Waals surface area contributed by atoms with Crippen LogP contribution in [0.2, 0.25) is 0 Å². The van der Waals surface area contributed by atoms with Crippen molar-refractivity contribution in [3.05, 3.63) is 0 Å². The van der Waals surface area contributed by atoms with Gasteiger partial charge in [-0.3, -0.25) is 0 Å². The zero-order chi connectivity index (χ0) is 10.2. The summed E-state index contributed by atoms with van der Waals surface area (Å²) in [4.78, 5) is 0. The van der Waals surface area contributed by atoms with Gasteiger partial charge in [-0.2, -0.15) is 4.31 Å². The summed E-state index contributed by atoms with van der Waals surface area (Å²) >= 11 is 0. The van der Waals surface area contributed by atoms with Gasteiger partial charge in [-0.05, 0) is 12.8 Å². The molecule has 2 fully saturated rings. The molecular formula is C8H16N2O3S. The lowest BCUT2D eigenvalue weighted by atomic mass is 10.4. The lowest BCUT2D eigenvalue weighted by Crippen LogP contribution is -2.51. The van der Waals surface area contributed by atoms with Gasteiger partial charge in [0.25, 0.3) is 0 Å². The monoisotopic (exact) mass is 220 g/mol. The molecule has 0 radical (unpaired) electrons. The van der Waals surface area contributed by atoms with Crippen LogP contribution in [-0.2, 0) is 10.0 Å². The van der Waals surface area contributed by atoms with Crippen LogP contribution in [0.1, 0.15) is 12.8 Å². The summed E-state index contributed by atoms with van der Waals surface area (Å²) < 4.78 is 24.8. The molecule has 0 bridgehead atoms. The molecule has 1 aliphatic carbocycles. The van der Waals surface area contributed by atoms with E-state index in [1.165, 1.54) is 4.31 Å². The van der Waals surface area contributed by atoms with E-state index in [1.807, 2.05) is 0 Å². The standard InChI is InChI=1S/C8H16N2O3S/c11-7-8(1-2-8)14(12,13)10-5-3-9-4-6-10/h9,11H,1-7H2. The van der Waals surface area contributed by atoms with Crippen molar-refractivity contribution in [1.29, 1.82) is 0 Å². The average Bonchev–Trinajstić information content (AvgIpc) is 3.00. The maximum absolute atomic E-state index is 12.0. The van der Waals surface area contributed by atoms with Gasteiger partial charge in [-0.25, -0.2) is 8.42 Å². The fraction of sp³-hybridized carbons (Fsp3) is 1.00. The van der Waals surface area contributed by atoms with E-state index >= 15 is 0 Å². The highest BCUT2D eigenvalue weighted by molar-refractivity contribution is 7.90. The van der Waals surface area contributed by atoms with Crippen molar-refractivity contribution in [2.45, 2.75) is 17.6 Å². The highest BCUT2D eigenvalue weighted by Crippen LogP contribution is 2.44. The Morgan fingerprint density at radius 2 is 1.86 bits per heavy atom. The van der Waals surface area contributed by atoms with Crippen molar-refractivity contribution in [3.63, 3.8) is 0 Å². The molecule has 0 aromatic heterocycles. The van der Waals surface area contributed by atoms with Gasteiger partial charge in [0.15, 0.2) is 0 Å². The minimum atomic E-state index is -3.26. The summed E-state index contributed by atoms with van der Waals surface area (Å²) in [5, 5.41) is 12.2. The first-order chi connectivity index (χ1) is 6.62. The van der Waals surface area contributed by atoms with Crippen molar-refractivity contribution in [1.82, 2.24) is 9.62 Å². The van der Waals surface area contributed by atoms with Crippen molar-refractivity contribution in [2.75, 3.05) is 32.8 Å². The molecule has 0 unspecified atom stereocenters. The van der Waals surface area contributed by atoms with E-state index in [0.717, 1.165) is 0 Å². The average molecular weight is 220 g/mol. The Morgan fingerprint density at radius 3 is 2.29 bits per heavy atom. The largest absolute Gasteiger partial charge is 0.395 e. The molecule has 0 atom stereocenters. The van der Waals surface area contributed by atoms with E-state index < -0.39 is 14.8 Å². The van der Waals surface area contributed by atoms with Gasteiger partial charge < -0.3 is 10.4 Å². The Kier molecular flexibility index (Phi) is 2.55. The smallest absolute Gasteiger partial charge is 0.222 e. The number of hydrogen-bond acceptors (Lipinski definition) is 4. The zero-order valence-electron chi connectivity index (χ0n) is 8.07. The minimum absolute atomic E-state index is 0.237. The molecule has 2 rings (SSSR count). The van der Waals surface area contributed by atoms with Gasteiger partial charge in [0, 0.05) is 26.2 Å². The molecule has 14 heavy (non-hydrogen) atoms. The van der Waals surface area contributed by atoms with Gasteiger partial charge >= 0.3 is 0 Å². The number of nitrogens with zero attached hydrogens (tertiary/aromatic N) is 1. The fourth-order valence-electron chi connectivity index (χ4n) is 1.80. The summed E-state index contributed by atoms with van der Waals surface area (Å²) in [5.74, 6) is 0. The minimum Gasteiger partial charge on any atom is -0.395 e. The first kappa shape index (κ1) is 10.4. The maximum Gasteiger partial charge on any atom is 0.222 e. The number of nitrogens with one attached hydrogen (secondary N) is 1. The predicted molar refractivity (Wildman–Crippen MR) is 52.4 cm³/mol. The molecule has 82 valence electrons. The van der Waals surface area contributed by atoms with E-state index in [9.17, 15) is 8.42 Å². The van der Waals surface area contributed by atoms with Gasteiger partial charge in [-0.1, -0.05) is 0 Å². The van der Waals surface area contributed by atoms with Crippen LogP contribution in [0.3, 0.4) is 0 Å². The maximum atomic E-state index is 12.0. The summed E-state index contributed by atoms with van der Waals surface area (Å²) in [7, 11) is -3.26. The molecule has 1 aliphatic heterocycles. The third-order valence-corrected chi connectivity index (χ3v) is 5.74. The molecule has 2 N–H and O–H groups in total. The first-order valence-corrected chi connectivity index (χ1v) is 6.38. The van der Waals surface area contributed by atoms with E-state index in [4.69, 9.17) is 5.11 Å². The Morgan fingerprint density at radius 1 is 1.29 bits per heavy atom. The number of sulfonamides is 1. The Labute approximate surface area is 84.1 Å². The van der Waals surface area contributed by atoms with Crippen LogP contribution in [0, 0.1) is 0 Å². The molecule has 0 spiro atoms. The van der Waals surface area contributed by atoms with E-state index in [1.54, 1.807) is 0 Å². The van der Waals surface area contributed by atoms with E-state index in [2.05, 4.69) is 5.32 Å². The molecule has 0 aromatic carbocycles. The van der Waals surface area contributed by atoms with Crippen molar-refractivity contribution >= 4 is 10.0 Å². The van der Waals surface area contributed by atoms with Gasteiger partial charge in [0.1, 0.15) is 4.75 Å². The van der Waals surface area contributed by atoms with Crippen LogP contribution in [0.15, 0.2) is 0 Å². The number of hydrogen-bond donors (Lipinski definition) is 2. The van der Waals surface area contributed by atoms with Crippen LogP contribution >= 0.6 is 0 Å². The molecule has 1 heterocycles. The number of piperazine rings is 1. The third kappa shape index (κ3) is 1.46. The SMILES string of the molecule is O=S(=O)(N1CCNCC1)C1(CO)CC1. The summed E-state index contributed by atoms with van der Waals surface area (Å²) in [5.41, 5.74) is 0. The Bertz CT molecular complexity index is 305. The predicted octanol–water partition coefficient (Wildman–Crippen LogP) is -1.25. The van der Waals surface area contributed by atoms with E-state index in [-0.39, 0.29) is 6.61 Å². The van der Waals surface area contributed by atoms with Crippen LogP contribution in [0.5, 0.6) is 0 Å². The lowest BCUT2D eigenvalue weighted by Gasteiger charge is -2.29. The third-order valence-electron chi connectivity index (χ3n) is 3.06. The second-order valence-electron chi connectivity index (χ2n) is 4.00. The molecule has 1 saturated heterocycles. The van der Waals surface area contributed by atoms with Crippen LogP contribution in [-0.4, -0.2) is 55.4 Å². The lowest BCUT2D eigenvalue weighted by molar-refractivity contribution is 0.272. The fourth-order valence-corrected chi connectivity index (χ4v) is 3.79. The van der Waals surface area contributed by atoms with Crippen molar-refractivity contribution < 1.29 is 13.5 Å². The quantitative estimate of drug-likeness (QED) is 0.623. The molecule has 1 saturated carbocycles. The van der Waals surface area contributed by atoms with Crippen LogP contribution < -0.4 is 5.32 Å². The molecular weight excluding hydrogens is 204 g/mol. The second-order valence-corrected chi connectivity index (χ2v) is 6.33. The highest BCUT2D eigenvalue weighted by Gasteiger charge is 2.56. The Balaban J connectivity index is 2.15. The Hall–Kier alpha value is -0.170. The molecule has 2 aliphatic rings. The number of rotatable bonds is 3. The molecule has 0 aromatic rings. The number of aliphatic hydroxyl groups excluding tert-OH is 1. The highest BCUT2D eigenvalue weighted by atomic mass is 32.2. The van der Waals surface area contributed by atoms with Crippen LogP contribution in [0.25, 0.3) is 0 Å². The first-order valence-electron chi connectivity index (χ1n) is 4.94. The van der Waals surface area contributed by atoms with Crippen LogP contribution in [0.4, 0.5) is 0 Å². The van der Waals surface area contributed by atoms with Crippen molar-refractivity contribution in [2.24, 2.45) is 0 Å². The summed E-state index contributed by atoms with van der Waals surface area (Å²) in [6.45, 7) is 2.24. The van der Waals surface area contributed by atoms with Gasteiger partial charge in [0.2, 0.25) is 10.0 Å². The van der Waals surface area contributed by atoms with Gasteiger partial charge in [-0.15, -0.1) is 0 Å².